The van der Waals surface area contributed by atoms with Crippen LogP contribution in [0.5, 0.6) is 5.75 Å². The minimum atomic E-state index is -2.67. The summed E-state index contributed by atoms with van der Waals surface area (Å²) in [6, 6.07) is 14.0. The molecule has 3 unspecified atom stereocenters. The van der Waals surface area contributed by atoms with Crippen LogP contribution in [0.1, 0.15) is 29.7 Å². The van der Waals surface area contributed by atoms with Crippen molar-refractivity contribution < 1.29 is 81.6 Å². The van der Waals surface area contributed by atoms with Gasteiger partial charge in [0.1, 0.15) is 29.3 Å². The lowest BCUT2D eigenvalue weighted by molar-refractivity contribution is -0.101. The number of hydrogen-bond donors (Lipinski definition) is 8. The number of nitrogens with one attached hydrogen (secondary N) is 3. The predicted molar refractivity (Wildman–Crippen MR) is 296 cm³/mol. The molecule has 0 radical (unpaired) electrons. The summed E-state index contributed by atoms with van der Waals surface area (Å²) in [7, 11) is -0.295. The summed E-state index contributed by atoms with van der Waals surface area (Å²) in [6.07, 6.45) is 2.48. The lowest BCUT2D eigenvalue weighted by atomic mass is 10.2. The lowest BCUT2D eigenvalue weighted by Crippen LogP contribution is -2.41. The van der Waals surface area contributed by atoms with Gasteiger partial charge in [-0.15, -0.1) is 5.10 Å². The number of carbonyl (C=O) groups is 1. The summed E-state index contributed by atoms with van der Waals surface area (Å²) in [5, 5.41) is 38.2. The number of nitrogens with two attached hydrogens (primary N) is 1. The van der Waals surface area contributed by atoms with Crippen LogP contribution in [0.15, 0.2) is 54.7 Å². The van der Waals surface area contributed by atoms with Crippen molar-refractivity contribution >= 4 is 61.2 Å². The molecule has 4 aromatic rings. The van der Waals surface area contributed by atoms with Gasteiger partial charge in [0.25, 0.3) is 0 Å². The molecule has 448 valence electrons. The summed E-state index contributed by atoms with van der Waals surface area (Å²) in [5.41, 5.74) is 8.08. The Bertz CT molecular complexity index is 2310. The SMILES string of the molecule is CO.COCC(CO)(OCC1CCC(Nc2nc(Cl)nc(N(CCOCCOCCOCCOCc3cn(CCOCCOCCOCCOCCNC(=O)Oc4ccc(N)cc4)nn3)Cc3ccccc3Cl)c2C=N)O1)P(O)O. The number of nitrogen functional groups attached to an aromatic ring is 1. The van der Waals surface area contributed by atoms with Crippen LogP contribution in [0.25, 0.3) is 0 Å². The van der Waals surface area contributed by atoms with Crippen LogP contribution in [0.4, 0.5) is 22.1 Å². The highest BCUT2D eigenvalue weighted by molar-refractivity contribution is 7.46. The molecule has 1 aliphatic heterocycles. The molecule has 0 spiro atoms. The number of aliphatic hydroxyl groups excluding tert-OH is 2. The Labute approximate surface area is 476 Å². The second-order valence-electron chi connectivity index (χ2n) is 17.0. The van der Waals surface area contributed by atoms with Crippen molar-refractivity contribution in [3.05, 3.63) is 81.9 Å². The predicted octanol–water partition coefficient (Wildman–Crippen LogP) is 3.26. The zero-order valence-corrected chi connectivity index (χ0v) is 47.6. The normalized spacial score (nSPS) is 14.9. The van der Waals surface area contributed by atoms with Gasteiger partial charge in [0, 0.05) is 50.8 Å². The van der Waals surface area contributed by atoms with E-state index in [4.69, 9.17) is 96.3 Å². The highest BCUT2D eigenvalue weighted by Gasteiger charge is 2.41. The number of hydrogen-bond acceptors (Lipinski definition) is 25. The lowest BCUT2D eigenvalue weighted by Gasteiger charge is -2.32. The second-order valence-corrected chi connectivity index (χ2v) is 19.2. The average molecular weight is 1190 g/mol. The van der Waals surface area contributed by atoms with Crippen molar-refractivity contribution in [1.82, 2.24) is 30.3 Å². The van der Waals surface area contributed by atoms with Crippen molar-refractivity contribution in [3.63, 3.8) is 0 Å². The molecule has 3 atom stereocenters. The minimum Gasteiger partial charge on any atom is -0.410 e. The number of methoxy groups -OCH3 is 1. The van der Waals surface area contributed by atoms with Crippen LogP contribution in [-0.4, -0.2) is 221 Å². The third kappa shape index (κ3) is 26.1. The van der Waals surface area contributed by atoms with Crippen LogP contribution in [-0.2, 0) is 71.8 Å². The Morgan fingerprint density at radius 2 is 1.48 bits per heavy atom. The van der Waals surface area contributed by atoms with Gasteiger partial charge in [-0.25, -0.2) is 9.48 Å². The molecule has 30 heteroatoms. The number of rotatable bonds is 43. The first-order valence-electron chi connectivity index (χ1n) is 25.7. The van der Waals surface area contributed by atoms with Crippen LogP contribution < -0.4 is 26.0 Å². The summed E-state index contributed by atoms with van der Waals surface area (Å²) in [5.74, 6) is 1.06. The number of benzene rings is 2. The molecule has 3 heterocycles. The van der Waals surface area contributed by atoms with E-state index in [1.54, 1.807) is 41.2 Å². The van der Waals surface area contributed by atoms with Gasteiger partial charge in [-0.05, 0) is 60.3 Å². The molecular weight excluding hydrogens is 1110 g/mol. The van der Waals surface area contributed by atoms with Gasteiger partial charge in [0.2, 0.25) is 13.7 Å². The maximum absolute atomic E-state index is 11.8. The molecule has 1 saturated heterocycles. The molecule has 5 rings (SSSR count). The Kier molecular flexibility index (Phi) is 34.4. The van der Waals surface area contributed by atoms with E-state index in [-0.39, 0.29) is 37.5 Å². The van der Waals surface area contributed by atoms with E-state index >= 15 is 0 Å². The average Bonchev–Trinajstić information content (AvgIpc) is 4.17. The first kappa shape index (κ1) is 67.9. The van der Waals surface area contributed by atoms with Crippen molar-refractivity contribution in [2.75, 3.05) is 162 Å². The number of halogens is 2. The van der Waals surface area contributed by atoms with Crippen molar-refractivity contribution in [3.8, 4) is 5.75 Å². The Balaban J connectivity index is 0.00000681. The monoisotopic (exact) mass is 1190 g/mol. The van der Waals surface area contributed by atoms with E-state index in [1.165, 1.54) is 7.11 Å². The summed E-state index contributed by atoms with van der Waals surface area (Å²) in [4.78, 5) is 42.5. The van der Waals surface area contributed by atoms with Gasteiger partial charge in [0.15, 0.2) is 5.34 Å². The van der Waals surface area contributed by atoms with Crippen molar-refractivity contribution in [2.24, 2.45) is 0 Å². The fraction of sp³-hybridized carbons (Fsp3) is 0.600. The summed E-state index contributed by atoms with van der Waals surface area (Å²) >= 11 is 13.1. The molecule has 0 saturated carbocycles. The second kappa shape index (κ2) is 40.6. The van der Waals surface area contributed by atoms with Crippen molar-refractivity contribution in [2.45, 2.75) is 50.2 Å². The Hall–Kier alpha value is -4.59. The summed E-state index contributed by atoms with van der Waals surface area (Å²) in [6.45, 7) is 6.57. The Morgan fingerprint density at radius 1 is 0.863 bits per heavy atom. The first-order valence-corrected chi connectivity index (χ1v) is 27.7. The number of aromatic nitrogens is 5. The maximum atomic E-state index is 11.8. The first-order chi connectivity index (χ1) is 39.0. The highest BCUT2D eigenvalue weighted by Crippen LogP contribution is 2.43. The molecule has 1 aliphatic rings. The van der Waals surface area contributed by atoms with Gasteiger partial charge in [0.05, 0.1) is 150 Å². The zero-order chi connectivity index (χ0) is 57.6. The zero-order valence-electron chi connectivity index (χ0n) is 45.2. The number of ether oxygens (including phenoxy) is 12. The van der Waals surface area contributed by atoms with Gasteiger partial charge in [-0.3, -0.25) is 0 Å². The smallest absolute Gasteiger partial charge is 0.410 e. The quantitative estimate of drug-likeness (QED) is 0.0104. The molecule has 2 aromatic heterocycles. The molecule has 2 aromatic carbocycles. The largest absolute Gasteiger partial charge is 0.412 e. The molecule has 0 bridgehead atoms. The van der Waals surface area contributed by atoms with E-state index in [0.29, 0.717) is 165 Å². The fourth-order valence-corrected chi connectivity index (χ4v) is 8.15. The number of anilines is 3. The molecule has 1 amide bonds. The van der Waals surface area contributed by atoms with Crippen LogP contribution >= 0.6 is 31.6 Å². The molecule has 1 fully saturated rings. The van der Waals surface area contributed by atoms with Crippen LogP contribution in [0, 0.1) is 5.41 Å². The number of aliphatic hydroxyl groups is 2. The summed E-state index contributed by atoms with van der Waals surface area (Å²) < 4.78 is 68.8. The van der Waals surface area contributed by atoms with Crippen molar-refractivity contribution in [1.29, 1.82) is 5.41 Å². The topological polar surface area (TPSA) is 342 Å². The standard InChI is InChI=1S/C49H73Cl2N10O16P.CH4O/c1-66-36-49(35-62,78(64)65)75-34-41-10-11-44(76-41)55-45-42(30-52)46(57-47(51)56-45)60(31-37-4-2-3-5-43(37)50)13-16-68-19-22-71-26-27-73-28-29-74-33-39-32-61(59-58-39)14-17-69-20-23-72-25-24-70-21-18-67-15-12-54-48(63)77-40-8-6-38(53)7-9-40;1-2/h2-9,30,32,41,44,52,62,64-65H,10-29,31,33-36,53H2,1H3,(H,54,63)(H,55,56,57);2H,1H3. The molecule has 27 nitrogen and oxygen atoms in total. The molecule has 80 heavy (non-hydrogen) atoms. The van der Waals surface area contributed by atoms with Gasteiger partial charge >= 0.3 is 6.09 Å². The van der Waals surface area contributed by atoms with E-state index < -0.39 is 38.7 Å². The van der Waals surface area contributed by atoms with E-state index in [0.717, 1.165) is 18.9 Å². The molecular formula is C50H77Cl2N10O17P. The van der Waals surface area contributed by atoms with E-state index in [9.17, 15) is 19.7 Å². The van der Waals surface area contributed by atoms with Gasteiger partial charge in [-0.2, -0.15) is 9.97 Å². The fourth-order valence-electron chi connectivity index (χ4n) is 7.23. The highest BCUT2D eigenvalue weighted by atomic mass is 35.5. The minimum absolute atomic E-state index is 0.0269. The maximum Gasteiger partial charge on any atom is 0.412 e. The van der Waals surface area contributed by atoms with E-state index in [1.807, 2.05) is 23.1 Å². The molecule has 0 aliphatic carbocycles. The molecule has 9 N–H and O–H groups in total. The van der Waals surface area contributed by atoms with Crippen LogP contribution in [0.3, 0.4) is 0 Å². The third-order valence-corrected chi connectivity index (χ3v) is 12.9. The van der Waals surface area contributed by atoms with Gasteiger partial charge < -0.3 is 104 Å². The number of carbonyl (C=O) groups excluding carboxylic acids is 1. The van der Waals surface area contributed by atoms with Gasteiger partial charge in [-0.1, -0.05) is 35.0 Å². The van der Waals surface area contributed by atoms with Crippen LogP contribution in [0.2, 0.25) is 10.3 Å². The van der Waals surface area contributed by atoms with E-state index in [2.05, 4.69) is 30.9 Å². The Morgan fingerprint density at radius 3 is 2.09 bits per heavy atom. The third-order valence-electron chi connectivity index (χ3n) is 11.2. The number of nitrogens with zero attached hydrogens (tertiary/aromatic N) is 6. The number of amides is 1.